The van der Waals surface area contributed by atoms with Crippen molar-refractivity contribution >= 4 is 22.4 Å². The Morgan fingerprint density at radius 1 is 1.47 bits per heavy atom. The molecule has 0 fully saturated rings. The molecule has 0 unspecified atom stereocenters. The van der Waals surface area contributed by atoms with Gasteiger partial charge < -0.3 is 5.32 Å². The van der Waals surface area contributed by atoms with E-state index >= 15 is 0 Å². The normalized spacial score (nSPS) is 14.4. The Bertz CT molecular complexity index is 511. The first-order chi connectivity index (χ1) is 8.33. The largest absolute Gasteiger partial charge is 0.311 e. The molecule has 0 atom stereocenters. The van der Waals surface area contributed by atoms with Crippen LogP contribution >= 0.6 is 11.3 Å². The number of aromatic amines is 1. The van der Waals surface area contributed by atoms with Gasteiger partial charge in [-0.05, 0) is 5.21 Å². The summed E-state index contributed by atoms with van der Waals surface area (Å²) in [7, 11) is 0. The van der Waals surface area contributed by atoms with E-state index in [1.807, 2.05) is 0 Å². The molecule has 1 amide bonds. The fourth-order valence-corrected chi connectivity index (χ4v) is 2.56. The number of tetrazole rings is 1. The van der Waals surface area contributed by atoms with Crippen LogP contribution in [0.1, 0.15) is 21.2 Å². The van der Waals surface area contributed by atoms with Crippen LogP contribution in [0.2, 0.25) is 0 Å². The average molecular weight is 251 g/mol. The van der Waals surface area contributed by atoms with E-state index in [0.29, 0.717) is 5.13 Å². The fourth-order valence-electron chi connectivity index (χ4n) is 1.59. The van der Waals surface area contributed by atoms with E-state index in [1.165, 1.54) is 16.2 Å². The smallest absolute Gasteiger partial charge is 0.299 e. The summed E-state index contributed by atoms with van der Waals surface area (Å²) in [6, 6.07) is 0. The molecule has 0 radical (unpaired) electrons. The van der Waals surface area contributed by atoms with Crippen molar-refractivity contribution in [3.8, 4) is 0 Å². The van der Waals surface area contributed by atoms with Gasteiger partial charge in [-0.15, -0.1) is 21.5 Å². The molecule has 3 rings (SSSR count). The standard InChI is InChI=1S/C8H9N7OS/c16-7(6-12-14-15-13-6)11-8-10-4-1-2-9-3-5(4)17-8/h9H,1-3H2,(H,10,11,16)(H,12,13,14,15). The van der Waals surface area contributed by atoms with Crippen LogP contribution < -0.4 is 10.6 Å². The maximum absolute atomic E-state index is 11.6. The molecule has 3 heterocycles. The van der Waals surface area contributed by atoms with E-state index < -0.39 is 5.91 Å². The van der Waals surface area contributed by atoms with Gasteiger partial charge in [0.1, 0.15) is 0 Å². The van der Waals surface area contributed by atoms with Crippen molar-refractivity contribution in [2.24, 2.45) is 0 Å². The molecule has 0 saturated carbocycles. The number of H-pyrrole nitrogens is 1. The number of anilines is 1. The van der Waals surface area contributed by atoms with Gasteiger partial charge in [-0.25, -0.2) is 4.98 Å². The van der Waals surface area contributed by atoms with E-state index in [-0.39, 0.29) is 5.82 Å². The first-order valence-electron chi connectivity index (χ1n) is 5.07. The summed E-state index contributed by atoms with van der Waals surface area (Å²) in [6.45, 7) is 1.74. The minimum atomic E-state index is -0.405. The number of carbonyl (C=O) groups excluding carboxylic acids is 1. The summed E-state index contributed by atoms with van der Waals surface area (Å²) < 4.78 is 0. The Labute approximate surface area is 99.8 Å². The van der Waals surface area contributed by atoms with Gasteiger partial charge in [0.25, 0.3) is 11.7 Å². The number of carbonyl (C=O) groups is 1. The molecule has 2 aromatic heterocycles. The lowest BCUT2D eigenvalue weighted by Gasteiger charge is -2.09. The molecule has 17 heavy (non-hydrogen) atoms. The molecule has 1 aliphatic rings. The molecular weight excluding hydrogens is 242 g/mol. The van der Waals surface area contributed by atoms with Gasteiger partial charge in [0, 0.05) is 24.4 Å². The lowest BCUT2D eigenvalue weighted by Crippen LogP contribution is -2.22. The second kappa shape index (κ2) is 4.18. The van der Waals surface area contributed by atoms with E-state index in [1.54, 1.807) is 0 Å². The molecule has 8 nitrogen and oxygen atoms in total. The summed E-state index contributed by atoms with van der Waals surface area (Å²) in [5.74, 6) is -0.394. The number of thiazole rings is 1. The third-order valence-corrected chi connectivity index (χ3v) is 3.38. The molecule has 0 saturated heterocycles. The van der Waals surface area contributed by atoms with Crippen molar-refractivity contribution in [3.63, 3.8) is 0 Å². The summed E-state index contributed by atoms with van der Waals surface area (Å²) in [5, 5.41) is 19.2. The molecule has 1 aliphatic heterocycles. The van der Waals surface area contributed by atoms with Crippen LogP contribution in [0.25, 0.3) is 0 Å². The van der Waals surface area contributed by atoms with Crippen LogP contribution in [0.5, 0.6) is 0 Å². The molecule has 0 aliphatic carbocycles. The van der Waals surface area contributed by atoms with Crippen molar-refractivity contribution in [1.29, 1.82) is 0 Å². The van der Waals surface area contributed by atoms with Gasteiger partial charge in [-0.2, -0.15) is 5.21 Å². The molecular formula is C8H9N7OS. The minimum Gasteiger partial charge on any atom is -0.311 e. The molecule has 3 N–H and O–H groups in total. The SMILES string of the molecule is O=C(Nc1nc2c(s1)CNCC2)c1nn[nH]n1. The van der Waals surface area contributed by atoms with Crippen molar-refractivity contribution in [3.05, 3.63) is 16.4 Å². The minimum absolute atomic E-state index is 0.0105. The quantitative estimate of drug-likeness (QED) is 0.667. The van der Waals surface area contributed by atoms with Gasteiger partial charge in [-0.3, -0.25) is 10.1 Å². The number of aromatic nitrogens is 5. The molecule has 0 aromatic carbocycles. The highest BCUT2D eigenvalue weighted by Gasteiger charge is 2.17. The van der Waals surface area contributed by atoms with Crippen LogP contribution in [0.4, 0.5) is 5.13 Å². The van der Waals surface area contributed by atoms with E-state index in [0.717, 1.165) is 25.2 Å². The molecule has 9 heteroatoms. The highest BCUT2D eigenvalue weighted by atomic mass is 32.1. The first-order valence-corrected chi connectivity index (χ1v) is 5.88. The summed E-state index contributed by atoms with van der Waals surface area (Å²) in [4.78, 5) is 17.2. The monoisotopic (exact) mass is 251 g/mol. The highest BCUT2D eigenvalue weighted by molar-refractivity contribution is 7.15. The number of hydrogen-bond donors (Lipinski definition) is 3. The van der Waals surface area contributed by atoms with Gasteiger partial charge >= 0.3 is 0 Å². The Morgan fingerprint density at radius 3 is 3.18 bits per heavy atom. The first kappa shape index (κ1) is 10.3. The Hall–Kier alpha value is -1.87. The maximum atomic E-state index is 11.6. The molecule has 0 bridgehead atoms. The topological polar surface area (TPSA) is 108 Å². The number of hydrogen-bond acceptors (Lipinski definition) is 7. The molecule has 88 valence electrons. The van der Waals surface area contributed by atoms with Crippen molar-refractivity contribution in [1.82, 2.24) is 30.9 Å². The Morgan fingerprint density at radius 2 is 2.41 bits per heavy atom. The summed E-state index contributed by atoms with van der Waals surface area (Å²) in [5.41, 5.74) is 1.05. The van der Waals surface area contributed by atoms with Crippen molar-refractivity contribution < 1.29 is 4.79 Å². The highest BCUT2D eigenvalue weighted by Crippen LogP contribution is 2.25. The van der Waals surface area contributed by atoms with Crippen LogP contribution in [-0.2, 0) is 13.0 Å². The third-order valence-electron chi connectivity index (χ3n) is 2.37. The predicted molar refractivity (Wildman–Crippen MR) is 59.7 cm³/mol. The van der Waals surface area contributed by atoms with E-state index in [2.05, 4.69) is 36.2 Å². The lowest BCUT2D eigenvalue weighted by atomic mass is 10.2. The van der Waals surface area contributed by atoms with Crippen molar-refractivity contribution in [2.45, 2.75) is 13.0 Å². The van der Waals surface area contributed by atoms with E-state index in [4.69, 9.17) is 0 Å². The second-order valence-corrected chi connectivity index (χ2v) is 4.59. The van der Waals surface area contributed by atoms with Crippen LogP contribution in [0.3, 0.4) is 0 Å². The van der Waals surface area contributed by atoms with Gasteiger partial charge in [0.2, 0.25) is 0 Å². The molecule has 0 spiro atoms. The maximum Gasteiger partial charge on any atom is 0.299 e. The van der Waals surface area contributed by atoms with Crippen LogP contribution in [-0.4, -0.2) is 38.1 Å². The zero-order valence-electron chi connectivity index (χ0n) is 8.73. The van der Waals surface area contributed by atoms with Crippen LogP contribution in [0.15, 0.2) is 0 Å². The van der Waals surface area contributed by atoms with Gasteiger partial charge in [0.05, 0.1) is 5.69 Å². The number of nitrogens with one attached hydrogen (secondary N) is 3. The third kappa shape index (κ3) is 2.01. The van der Waals surface area contributed by atoms with Gasteiger partial charge in [0.15, 0.2) is 5.13 Å². The summed E-state index contributed by atoms with van der Waals surface area (Å²) >= 11 is 1.47. The van der Waals surface area contributed by atoms with E-state index in [9.17, 15) is 4.79 Å². The predicted octanol–water partition coefficient (Wildman–Crippen LogP) is -0.446. The van der Waals surface area contributed by atoms with Gasteiger partial charge in [-0.1, -0.05) is 0 Å². The van der Waals surface area contributed by atoms with Crippen molar-refractivity contribution in [2.75, 3.05) is 11.9 Å². The second-order valence-electron chi connectivity index (χ2n) is 3.51. The average Bonchev–Trinajstić information content (AvgIpc) is 2.97. The Balaban J connectivity index is 1.77. The Kier molecular flexibility index (Phi) is 2.53. The number of fused-ring (bicyclic) bond motifs is 1. The number of amides is 1. The van der Waals surface area contributed by atoms with Crippen LogP contribution in [0, 0.1) is 0 Å². The zero-order chi connectivity index (χ0) is 11.7. The summed E-state index contributed by atoms with van der Waals surface area (Å²) in [6.07, 6.45) is 0.893. The molecule has 2 aromatic rings. The fraction of sp³-hybridized carbons (Fsp3) is 0.375. The zero-order valence-corrected chi connectivity index (χ0v) is 9.54. The lowest BCUT2D eigenvalue weighted by molar-refractivity contribution is 0.101. The number of nitrogens with zero attached hydrogens (tertiary/aromatic N) is 4. The number of rotatable bonds is 2.